The Morgan fingerprint density at radius 1 is 1.31 bits per heavy atom. The van der Waals surface area contributed by atoms with Crippen molar-refractivity contribution in [3.63, 3.8) is 0 Å². The van der Waals surface area contributed by atoms with E-state index in [1.54, 1.807) is 6.07 Å². The highest BCUT2D eigenvalue weighted by Crippen LogP contribution is 2.30. The van der Waals surface area contributed by atoms with Gasteiger partial charge in [-0.3, -0.25) is 4.79 Å². The summed E-state index contributed by atoms with van der Waals surface area (Å²) in [5.74, 6) is -1.50. The molecule has 0 aliphatic rings. The van der Waals surface area contributed by atoms with E-state index in [9.17, 15) is 31.6 Å². The van der Waals surface area contributed by atoms with E-state index < -0.39 is 50.1 Å². The number of benzene rings is 1. The van der Waals surface area contributed by atoms with Crippen LogP contribution in [0.25, 0.3) is 0 Å². The van der Waals surface area contributed by atoms with Crippen LogP contribution in [-0.2, 0) is 20.8 Å². The Bertz CT molecular complexity index is 1100. The summed E-state index contributed by atoms with van der Waals surface area (Å²) in [4.78, 5) is 19.6. The van der Waals surface area contributed by atoms with Crippen molar-refractivity contribution in [3.05, 3.63) is 35.4 Å². The van der Waals surface area contributed by atoms with Crippen molar-refractivity contribution in [3.8, 4) is 6.07 Å². The third-order valence-electron chi connectivity index (χ3n) is 3.56. The zero-order valence-electron chi connectivity index (χ0n) is 15.1. The number of alkyl halides is 3. The van der Waals surface area contributed by atoms with E-state index in [2.05, 4.69) is 20.6 Å². The molecule has 4 N–H and O–H groups in total. The van der Waals surface area contributed by atoms with Crippen LogP contribution in [0.4, 0.5) is 30.6 Å². The minimum absolute atomic E-state index is 0.0991. The molecule has 0 aliphatic carbocycles. The number of nitrogens with zero attached hydrogens (tertiary/aromatic N) is 3. The van der Waals surface area contributed by atoms with Crippen LogP contribution in [0.2, 0.25) is 0 Å². The zero-order valence-corrected chi connectivity index (χ0v) is 15.9. The Hall–Kier alpha value is -3.40. The summed E-state index contributed by atoms with van der Waals surface area (Å²) in [6.45, 7) is 1.34. The molecule has 0 saturated heterocycles. The van der Waals surface area contributed by atoms with E-state index in [0.717, 1.165) is 24.5 Å². The van der Waals surface area contributed by atoms with E-state index in [1.807, 2.05) is 0 Å². The van der Waals surface area contributed by atoms with E-state index in [-0.39, 0.29) is 11.5 Å². The number of sulfone groups is 1. The number of anilines is 3. The van der Waals surface area contributed by atoms with Gasteiger partial charge in [0.2, 0.25) is 11.9 Å². The normalized spacial score (nSPS) is 12.7. The van der Waals surface area contributed by atoms with Crippen molar-refractivity contribution in [1.29, 1.82) is 5.26 Å². The lowest BCUT2D eigenvalue weighted by molar-refractivity contribution is -0.137. The molecule has 1 atom stereocenters. The quantitative estimate of drug-likeness (QED) is 0.610. The van der Waals surface area contributed by atoms with Gasteiger partial charge in [-0.15, -0.1) is 0 Å². The van der Waals surface area contributed by atoms with Gasteiger partial charge in [0.05, 0.1) is 5.56 Å². The molecule has 13 heteroatoms. The van der Waals surface area contributed by atoms with Gasteiger partial charge in [0, 0.05) is 11.9 Å². The van der Waals surface area contributed by atoms with Crippen LogP contribution in [0.3, 0.4) is 0 Å². The molecule has 0 radical (unpaired) electrons. The highest BCUT2D eigenvalue weighted by Gasteiger charge is 2.30. The number of nitrogens with one attached hydrogen (secondary N) is 2. The number of carbonyl (C=O) groups is 1. The highest BCUT2D eigenvalue weighted by molar-refractivity contribution is 7.90. The summed E-state index contributed by atoms with van der Waals surface area (Å²) in [6, 6.07) is 4.54. The lowest BCUT2D eigenvalue weighted by atomic mass is 10.2. The van der Waals surface area contributed by atoms with Crippen molar-refractivity contribution in [2.45, 2.75) is 24.2 Å². The number of nitrogen functional groups attached to an aromatic ring is 1. The SMILES string of the molecule is C[C@H](Nc1nc(N)nc(S(C)(=O)=O)c1C#N)C(=O)Nc1cccc(C(F)(F)F)c1. The number of hydrogen-bond acceptors (Lipinski definition) is 8. The van der Waals surface area contributed by atoms with Gasteiger partial charge < -0.3 is 16.4 Å². The molecule has 0 saturated carbocycles. The molecule has 0 unspecified atom stereocenters. The van der Waals surface area contributed by atoms with Crippen LogP contribution < -0.4 is 16.4 Å². The number of aromatic nitrogens is 2. The van der Waals surface area contributed by atoms with Gasteiger partial charge in [-0.25, -0.2) is 8.42 Å². The Morgan fingerprint density at radius 2 is 1.97 bits per heavy atom. The average Bonchev–Trinajstić information content (AvgIpc) is 2.60. The molecule has 2 rings (SSSR count). The predicted molar refractivity (Wildman–Crippen MR) is 97.4 cm³/mol. The molecule has 0 bridgehead atoms. The van der Waals surface area contributed by atoms with Gasteiger partial charge in [-0.1, -0.05) is 6.07 Å². The Balaban J connectivity index is 2.27. The molecule has 0 spiro atoms. The first-order valence-corrected chi connectivity index (χ1v) is 9.74. The maximum Gasteiger partial charge on any atom is 0.416 e. The van der Waals surface area contributed by atoms with Crippen LogP contribution in [-0.4, -0.2) is 36.6 Å². The minimum Gasteiger partial charge on any atom is -0.368 e. The van der Waals surface area contributed by atoms with Crippen LogP contribution in [0.1, 0.15) is 18.1 Å². The average molecular weight is 428 g/mol. The minimum atomic E-state index is -4.58. The number of halogens is 3. The maximum atomic E-state index is 12.8. The largest absolute Gasteiger partial charge is 0.416 e. The fraction of sp³-hybridized carbons (Fsp3) is 0.250. The van der Waals surface area contributed by atoms with Crippen molar-refractivity contribution in [2.24, 2.45) is 0 Å². The van der Waals surface area contributed by atoms with Crippen molar-refractivity contribution < 1.29 is 26.4 Å². The molecule has 2 aromatic rings. The molecule has 0 aliphatic heterocycles. The first-order chi connectivity index (χ1) is 13.3. The number of hydrogen-bond donors (Lipinski definition) is 3. The first-order valence-electron chi connectivity index (χ1n) is 7.85. The summed E-state index contributed by atoms with van der Waals surface area (Å²) in [5.41, 5.74) is 3.99. The summed E-state index contributed by atoms with van der Waals surface area (Å²) >= 11 is 0. The molecule has 0 fully saturated rings. The van der Waals surface area contributed by atoms with Crippen molar-refractivity contribution in [1.82, 2.24) is 9.97 Å². The van der Waals surface area contributed by atoms with Gasteiger partial charge >= 0.3 is 6.18 Å². The summed E-state index contributed by atoms with van der Waals surface area (Å²) in [5, 5.41) is 13.5. The number of nitriles is 1. The maximum absolute atomic E-state index is 12.8. The molecule has 1 heterocycles. The predicted octanol–water partition coefficient (Wildman–Crippen LogP) is 1.79. The molecular formula is C16H15F3N6O3S. The van der Waals surface area contributed by atoms with E-state index in [1.165, 1.54) is 13.0 Å². The number of rotatable bonds is 5. The van der Waals surface area contributed by atoms with Crippen LogP contribution in [0.15, 0.2) is 29.3 Å². The standard InChI is InChI=1S/C16H15F3N6O3S/c1-8(13(26)23-10-5-3-4-9(6-10)16(17,18)19)22-12-11(7-20)14(29(2,27)28)25-15(21)24-12/h3-6,8H,1-2H3,(H,23,26)(H3,21,22,24,25)/t8-/m0/s1. The second kappa shape index (κ2) is 7.92. The lowest BCUT2D eigenvalue weighted by Crippen LogP contribution is -2.33. The molecule has 1 aromatic carbocycles. The third kappa shape index (κ3) is 5.32. The van der Waals surface area contributed by atoms with E-state index in [4.69, 9.17) is 5.73 Å². The molecule has 154 valence electrons. The summed E-state index contributed by atoms with van der Waals surface area (Å²) in [7, 11) is -3.91. The van der Waals surface area contributed by atoms with Crippen LogP contribution >= 0.6 is 0 Å². The second-order valence-corrected chi connectivity index (χ2v) is 7.86. The van der Waals surface area contributed by atoms with E-state index in [0.29, 0.717) is 0 Å². The van der Waals surface area contributed by atoms with Gasteiger partial charge in [0.1, 0.15) is 17.7 Å². The van der Waals surface area contributed by atoms with Gasteiger partial charge in [0.15, 0.2) is 20.7 Å². The Morgan fingerprint density at radius 3 is 2.52 bits per heavy atom. The topological polar surface area (TPSA) is 151 Å². The Labute approximate surface area is 163 Å². The highest BCUT2D eigenvalue weighted by atomic mass is 32.2. The summed E-state index contributed by atoms with van der Waals surface area (Å²) < 4.78 is 61.9. The third-order valence-corrected chi connectivity index (χ3v) is 4.56. The first kappa shape index (κ1) is 21.9. The fourth-order valence-corrected chi connectivity index (χ4v) is 3.00. The molecule has 1 aromatic heterocycles. The lowest BCUT2D eigenvalue weighted by Gasteiger charge is -2.17. The van der Waals surface area contributed by atoms with Crippen molar-refractivity contribution in [2.75, 3.05) is 22.6 Å². The van der Waals surface area contributed by atoms with Crippen LogP contribution in [0, 0.1) is 11.3 Å². The monoisotopic (exact) mass is 428 g/mol. The molecule has 29 heavy (non-hydrogen) atoms. The van der Waals surface area contributed by atoms with Crippen LogP contribution in [0.5, 0.6) is 0 Å². The smallest absolute Gasteiger partial charge is 0.368 e. The number of amides is 1. The van der Waals surface area contributed by atoms with E-state index >= 15 is 0 Å². The van der Waals surface area contributed by atoms with Gasteiger partial charge in [0.25, 0.3) is 0 Å². The number of carbonyl (C=O) groups excluding carboxylic acids is 1. The Kier molecular flexibility index (Phi) is 5.98. The van der Waals surface area contributed by atoms with Gasteiger partial charge in [-0.2, -0.15) is 28.4 Å². The van der Waals surface area contributed by atoms with Gasteiger partial charge in [-0.05, 0) is 25.1 Å². The molecule has 9 nitrogen and oxygen atoms in total. The number of nitrogens with two attached hydrogens (primary N) is 1. The fourth-order valence-electron chi connectivity index (χ4n) is 2.22. The van der Waals surface area contributed by atoms with Crippen molar-refractivity contribution >= 4 is 33.2 Å². The zero-order chi connectivity index (χ0) is 22.0. The summed E-state index contributed by atoms with van der Waals surface area (Å²) in [6.07, 6.45) is -3.75. The molecule has 1 amide bonds. The molecular weight excluding hydrogens is 413 g/mol. The second-order valence-electron chi connectivity index (χ2n) is 5.93.